The van der Waals surface area contributed by atoms with Crippen LogP contribution in [0.3, 0.4) is 0 Å². The molecule has 2 aromatic heterocycles. The van der Waals surface area contributed by atoms with E-state index in [1.54, 1.807) is 0 Å². The summed E-state index contributed by atoms with van der Waals surface area (Å²) < 4.78 is 0. The van der Waals surface area contributed by atoms with Crippen LogP contribution in [0.25, 0.3) is 22.5 Å². The maximum absolute atomic E-state index is 4.62. The third kappa shape index (κ3) is 3.81. The van der Waals surface area contributed by atoms with Gasteiger partial charge in [-0.15, -0.1) is 0 Å². The van der Waals surface area contributed by atoms with E-state index < -0.39 is 0 Å². The molecule has 0 aliphatic heterocycles. The summed E-state index contributed by atoms with van der Waals surface area (Å²) in [5, 5.41) is 0. The molecular formula is C28H21N3. The highest BCUT2D eigenvalue weighted by Crippen LogP contribution is 2.43. The predicted molar refractivity (Wildman–Crippen MR) is 128 cm³/mol. The van der Waals surface area contributed by atoms with E-state index in [2.05, 4.69) is 87.7 Å². The molecule has 0 aliphatic rings. The Balaban J connectivity index is 1.77. The minimum Gasteiger partial charge on any atom is -0.309 e. The Labute approximate surface area is 182 Å². The fourth-order valence-electron chi connectivity index (χ4n) is 3.80. The molecule has 0 spiro atoms. The second-order valence-electron chi connectivity index (χ2n) is 7.14. The Hall–Kier alpha value is -4.24. The van der Waals surface area contributed by atoms with E-state index in [1.165, 1.54) is 0 Å². The second-order valence-corrected chi connectivity index (χ2v) is 7.14. The van der Waals surface area contributed by atoms with E-state index in [0.717, 1.165) is 39.6 Å². The van der Waals surface area contributed by atoms with Gasteiger partial charge in [0.1, 0.15) is 0 Å². The Morgan fingerprint density at radius 3 is 1.35 bits per heavy atom. The molecule has 0 aliphatic carbocycles. The minimum atomic E-state index is 0.939. The van der Waals surface area contributed by atoms with Gasteiger partial charge in [0.2, 0.25) is 0 Å². The van der Waals surface area contributed by atoms with E-state index in [0.29, 0.717) is 0 Å². The number of benzene rings is 3. The summed E-state index contributed by atoms with van der Waals surface area (Å²) in [6.07, 6.45) is 3.67. The van der Waals surface area contributed by atoms with Gasteiger partial charge in [-0.2, -0.15) is 0 Å². The van der Waals surface area contributed by atoms with Crippen LogP contribution in [0.4, 0.5) is 17.1 Å². The van der Waals surface area contributed by atoms with E-state index in [1.807, 2.05) is 54.9 Å². The number of nitrogens with zero attached hydrogens (tertiary/aromatic N) is 3. The van der Waals surface area contributed by atoms with Gasteiger partial charge in [-0.05, 0) is 48.5 Å². The molecule has 0 saturated heterocycles. The highest BCUT2D eigenvalue weighted by atomic mass is 15.1. The molecule has 0 saturated carbocycles. The topological polar surface area (TPSA) is 29.0 Å². The lowest BCUT2D eigenvalue weighted by molar-refractivity contribution is 1.25. The van der Waals surface area contributed by atoms with Crippen molar-refractivity contribution in [1.29, 1.82) is 0 Å². The molecule has 5 rings (SSSR count). The van der Waals surface area contributed by atoms with E-state index in [-0.39, 0.29) is 0 Å². The van der Waals surface area contributed by atoms with Gasteiger partial charge < -0.3 is 4.90 Å². The van der Waals surface area contributed by atoms with Crippen LogP contribution >= 0.6 is 0 Å². The van der Waals surface area contributed by atoms with E-state index in [9.17, 15) is 0 Å². The van der Waals surface area contributed by atoms with Gasteiger partial charge in [0.15, 0.2) is 0 Å². The number of anilines is 3. The molecule has 0 N–H and O–H groups in total. The average Bonchev–Trinajstić information content (AvgIpc) is 2.87. The standard InChI is InChI=1S/C28H21N3/c1-2-12-22(13-3-1)31(27-18-6-4-14-23(27)25-16-8-10-20-29-25)28-19-7-5-15-24(28)26-17-9-11-21-30-26/h1-21H. The Kier molecular flexibility index (Phi) is 5.23. The van der Waals surface area contributed by atoms with Crippen LogP contribution in [0.2, 0.25) is 0 Å². The maximum Gasteiger partial charge on any atom is 0.0723 e. The summed E-state index contributed by atoms with van der Waals surface area (Å²) >= 11 is 0. The van der Waals surface area contributed by atoms with Crippen LogP contribution in [-0.4, -0.2) is 9.97 Å². The maximum atomic E-state index is 4.62. The van der Waals surface area contributed by atoms with Crippen molar-refractivity contribution in [1.82, 2.24) is 9.97 Å². The predicted octanol–water partition coefficient (Wildman–Crippen LogP) is 7.28. The van der Waals surface area contributed by atoms with Gasteiger partial charge in [0.05, 0.1) is 22.8 Å². The molecule has 0 radical (unpaired) electrons. The summed E-state index contributed by atoms with van der Waals surface area (Å²) in [7, 11) is 0. The molecular weight excluding hydrogens is 378 g/mol. The van der Waals surface area contributed by atoms with Gasteiger partial charge in [0, 0.05) is 29.2 Å². The molecule has 31 heavy (non-hydrogen) atoms. The summed E-state index contributed by atoms with van der Waals surface area (Å²) in [6.45, 7) is 0. The molecule has 3 nitrogen and oxygen atoms in total. The zero-order chi connectivity index (χ0) is 20.9. The summed E-state index contributed by atoms with van der Waals surface area (Å²) in [6, 6.07) is 39.2. The molecule has 148 valence electrons. The van der Waals surface area contributed by atoms with Gasteiger partial charge in [-0.1, -0.05) is 66.7 Å². The van der Waals surface area contributed by atoms with Crippen LogP contribution in [0.5, 0.6) is 0 Å². The second kappa shape index (κ2) is 8.64. The lowest BCUT2D eigenvalue weighted by Crippen LogP contribution is -2.12. The number of para-hydroxylation sites is 3. The number of pyridine rings is 2. The van der Waals surface area contributed by atoms with Gasteiger partial charge in [-0.25, -0.2) is 0 Å². The summed E-state index contributed by atoms with van der Waals surface area (Å²) in [4.78, 5) is 11.5. The molecule has 5 aromatic rings. The molecule has 0 atom stereocenters. The van der Waals surface area contributed by atoms with Crippen LogP contribution in [0, 0.1) is 0 Å². The fraction of sp³-hybridized carbons (Fsp3) is 0. The average molecular weight is 399 g/mol. The fourth-order valence-corrected chi connectivity index (χ4v) is 3.80. The highest BCUT2D eigenvalue weighted by Gasteiger charge is 2.20. The molecule has 3 heteroatoms. The molecule has 2 heterocycles. The molecule has 3 aromatic carbocycles. The Bertz CT molecular complexity index is 1190. The first-order valence-electron chi connectivity index (χ1n) is 10.3. The first-order chi connectivity index (χ1) is 15.4. The monoisotopic (exact) mass is 399 g/mol. The highest BCUT2D eigenvalue weighted by molar-refractivity contribution is 5.92. The molecule has 0 fully saturated rings. The number of hydrogen-bond donors (Lipinski definition) is 0. The number of rotatable bonds is 5. The third-order valence-corrected chi connectivity index (χ3v) is 5.19. The van der Waals surface area contributed by atoms with E-state index in [4.69, 9.17) is 0 Å². The van der Waals surface area contributed by atoms with Crippen LogP contribution < -0.4 is 4.90 Å². The van der Waals surface area contributed by atoms with Crippen molar-refractivity contribution in [3.05, 3.63) is 128 Å². The van der Waals surface area contributed by atoms with Crippen molar-refractivity contribution in [2.45, 2.75) is 0 Å². The summed E-state index contributed by atoms with van der Waals surface area (Å²) in [5.74, 6) is 0. The lowest BCUT2D eigenvalue weighted by atomic mass is 10.0. The molecule has 0 bridgehead atoms. The van der Waals surface area contributed by atoms with Crippen molar-refractivity contribution < 1.29 is 0 Å². The summed E-state index contributed by atoms with van der Waals surface area (Å²) in [5.41, 5.74) is 7.23. The van der Waals surface area contributed by atoms with E-state index >= 15 is 0 Å². The van der Waals surface area contributed by atoms with Crippen molar-refractivity contribution in [3.63, 3.8) is 0 Å². The van der Waals surface area contributed by atoms with Crippen molar-refractivity contribution in [3.8, 4) is 22.5 Å². The minimum absolute atomic E-state index is 0.939. The Morgan fingerprint density at radius 1 is 0.419 bits per heavy atom. The third-order valence-electron chi connectivity index (χ3n) is 5.19. The zero-order valence-corrected chi connectivity index (χ0v) is 17.0. The normalized spacial score (nSPS) is 10.6. The van der Waals surface area contributed by atoms with Crippen molar-refractivity contribution in [2.24, 2.45) is 0 Å². The first-order valence-corrected chi connectivity index (χ1v) is 10.3. The Morgan fingerprint density at radius 2 is 0.871 bits per heavy atom. The quantitative estimate of drug-likeness (QED) is 0.311. The number of aromatic nitrogens is 2. The van der Waals surface area contributed by atoms with Crippen molar-refractivity contribution in [2.75, 3.05) is 4.90 Å². The molecule has 0 unspecified atom stereocenters. The van der Waals surface area contributed by atoms with Crippen molar-refractivity contribution >= 4 is 17.1 Å². The van der Waals surface area contributed by atoms with Gasteiger partial charge >= 0.3 is 0 Å². The van der Waals surface area contributed by atoms with Crippen LogP contribution in [0.15, 0.2) is 128 Å². The van der Waals surface area contributed by atoms with Crippen LogP contribution in [-0.2, 0) is 0 Å². The van der Waals surface area contributed by atoms with Crippen LogP contribution in [0.1, 0.15) is 0 Å². The first kappa shape index (κ1) is 18.8. The zero-order valence-electron chi connectivity index (χ0n) is 17.0. The SMILES string of the molecule is c1ccc(N(c2ccccc2-c2ccccn2)c2ccccc2-c2ccccn2)cc1. The number of hydrogen-bond acceptors (Lipinski definition) is 3. The van der Waals surface area contributed by atoms with Gasteiger partial charge in [0.25, 0.3) is 0 Å². The lowest BCUT2D eigenvalue weighted by Gasteiger charge is -2.29. The molecule has 0 amide bonds. The largest absolute Gasteiger partial charge is 0.309 e. The van der Waals surface area contributed by atoms with Gasteiger partial charge in [-0.3, -0.25) is 9.97 Å². The smallest absolute Gasteiger partial charge is 0.0723 e.